The summed E-state index contributed by atoms with van der Waals surface area (Å²) in [6.07, 6.45) is 2.32. The van der Waals surface area contributed by atoms with Crippen LogP contribution in [0.1, 0.15) is 24.4 Å². The highest BCUT2D eigenvalue weighted by Gasteiger charge is 2.19. The predicted molar refractivity (Wildman–Crippen MR) is 105 cm³/mol. The molecule has 0 radical (unpaired) electrons. The molecular weight excluding hydrogens is 374 g/mol. The van der Waals surface area contributed by atoms with E-state index in [0.717, 1.165) is 31.6 Å². The highest BCUT2D eigenvalue weighted by atomic mass is 16.5. The molecule has 1 fully saturated rings. The second-order valence-corrected chi connectivity index (χ2v) is 6.68. The number of benzene rings is 1. The van der Waals surface area contributed by atoms with Crippen LogP contribution in [-0.2, 0) is 6.61 Å². The van der Waals surface area contributed by atoms with Crippen LogP contribution >= 0.6 is 0 Å². The maximum atomic E-state index is 5.79. The van der Waals surface area contributed by atoms with Gasteiger partial charge in [-0.2, -0.15) is 9.97 Å². The van der Waals surface area contributed by atoms with Crippen molar-refractivity contribution in [1.82, 2.24) is 20.1 Å². The molecule has 3 heterocycles. The van der Waals surface area contributed by atoms with Crippen molar-refractivity contribution >= 4 is 5.95 Å². The van der Waals surface area contributed by atoms with E-state index in [2.05, 4.69) is 25.0 Å². The van der Waals surface area contributed by atoms with E-state index < -0.39 is 0 Å². The first-order valence-corrected chi connectivity index (χ1v) is 9.45. The van der Waals surface area contributed by atoms with Gasteiger partial charge in [-0.05, 0) is 31.9 Å². The van der Waals surface area contributed by atoms with Gasteiger partial charge in [0.25, 0.3) is 5.89 Å². The molecule has 0 bridgehead atoms. The second kappa shape index (κ2) is 8.34. The van der Waals surface area contributed by atoms with Crippen LogP contribution in [0.3, 0.4) is 0 Å². The van der Waals surface area contributed by atoms with Gasteiger partial charge in [-0.3, -0.25) is 0 Å². The Morgan fingerprint density at radius 2 is 1.90 bits per heavy atom. The van der Waals surface area contributed by atoms with Crippen molar-refractivity contribution in [2.24, 2.45) is 0 Å². The van der Waals surface area contributed by atoms with Crippen LogP contribution in [0, 0.1) is 6.92 Å². The Morgan fingerprint density at radius 1 is 1.07 bits per heavy atom. The molecule has 1 aliphatic heterocycles. The third kappa shape index (κ3) is 4.08. The van der Waals surface area contributed by atoms with Crippen LogP contribution in [0.2, 0.25) is 0 Å². The fourth-order valence-corrected chi connectivity index (χ4v) is 3.28. The summed E-state index contributed by atoms with van der Waals surface area (Å²) in [7, 11) is 3.15. The van der Waals surface area contributed by atoms with E-state index >= 15 is 0 Å². The van der Waals surface area contributed by atoms with E-state index in [1.807, 2.05) is 25.1 Å². The highest BCUT2D eigenvalue weighted by Crippen LogP contribution is 2.36. The number of hydrogen-bond acceptors (Lipinski definition) is 9. The molecule has 0 aliphatic carbocycles. The van der Waals surface area contributed by atoms with Crippen LogP contribution in [0.4, 0.5) is 5.95 Å². The first-order chi connectivity index (χ1) is 14.2. The minimum absolute atomic E-state index is 0.106. The van der Waals surface area contributed by atoms with Gasteiger partial charge in [0, 0.05) is 24.8 Å². The van der Waals surface area contributed by atoms with Crippen molar-refractivity contribution in [3.05, 3.63) is 35.9 Å². The number of aryl methyl sites for hydroxylation is 1. The van der Waals surface area contributed by atoms with Crippen LogP contribution in [0.5, 0.6) is 17.4 Å². The van der Waals surface area contributed by atoms with Crippen molar-refractivity contribution in [2.45, 2.75) is 26.4 Å². The number of methoxy groups -OCH3 is 2. The van der Waals surface area contributed by atoms with Gasteiger partial charge < -0.3 is 23.6 Å². The van der Waals surface area contributed by atoms with Gasteiger partial charge in [-0.1, -0.05) is 11.2 Å². The minimum Gasteiger partial charge on any atom is -0.493 e. The summed E-state index contributed by atoms with van der Waals surface area (Å²) in [5, 5.41) is 4.04. The molecule has 0 spiro atoms. The molecule has 152 valence electrons. The molecule has 0 N–H and O–H groups in total. The van der Waals surface area contributed by atoms with Crippen LogP contribution in [0.25, 0.3) is 11.4 Å². The van der Waals surface area contributed by atoms with Gasteiger partial charge in [0.1, 0.15) is 0 Å². The largest absolute Gasteiger partial charge is 0.493 e. The monoisotopic (exact) mass is 397 g/mol. The number of anilines is 1. The molecular formula is C20H23N5O4. The van der Waals surface area contributed by atoms with E-state index in [9.17, 15) is 0 Å². The lowest BCUT2D eigenvalue weighted by atomic mass is 10.1. The fraction of sp³-hybridized carbons (Fsp3) is 0.400. The maximum absolute atomic E-state index is 5.79. The quantitative estimate of drug-likeness (QED) is 0.596. The molecule has 2 aromatic heterocycles. The molecule has 1 aromatic carbocycles. The van der Waals surface area contributed by atoms with Crippen molar-refractivity contribution in [2.75, 3.05) is 32.2 Å². The van der Waals surface area contributed by atoms with Crippen molar-refractivity contribution in [1.29, 1.82) is 0 Å². The maximum Gasteiger partial charge on any atom is 0.264 e. The summed E-state index contributed by atoms with van der Waals surface area (Å²) >= 11 is 0. The molecule has 9 nitrogen and oxygen atoms in total. The number of rotatable bonds is 7. The molecule has 4 rings (SSSR count). The second-order valence-electron chi connectivity index (χ2n) is 6.68. The summed E-state index contributed by atoms with van der Waals surface area (Å²) in [4.78, 5) is 15.6. The molecule has 1 saturated heterocycles. The Kier molecular flexibility index (Phi) is 5.46. The third-order valence-corrected chi connectivity index (χ3v) is 4.66. The van der Waals surface area contributed by atoms with Crippen molar-refractivity contribution in [3.63, 3.8) is 0 Å². The van der Waals surface area contributed by atoms with E-state index in [1.54, 1.807) is 20.3 Å². The normalized spacial score (nSPS) is 13.6. The lowest BCUT2D eigenvalue weighted by Gasteiger charge is -2.16. The number of ether oxygens (including phenoxy) is 3. The van der Waals surface area contributed by atoms with Gasteiger partial charge in [0.2, 0.25) is 17.7 Å². The summed E-state index contributed by atoms with van der Waals surface area (Å²) in [6, 6.07) is 7.28. The number of para-hydroxylation sites is 1. The van der Waals surface area contributed by atoms with E-state index in [0.29, 0.717) is 40.6 Å². The van der Waals surface area contributed by atoms with Gasteiger partial charge in [-0.15, -0.1) is 0 Å². The Hall–Kier alpha value is -3.36. The topological polar surface area (TPSA) is 95.6 Å². The third-order valence-electron chi connectivity index (χ3n) is 4.66. The predicted octanol–water partition coefficient (Wildman–Crippen LogP) is 3.03. The summed E-state index contributed by atoms with van der Waals surface area (Å²) in [6.45, 7) is 3.97. The summed E-state index contributed by atoms with van der Waals surface area (Å²) in [5.74, 6) is 3.06. The number of nitrogens with zero attached hydrogens (tertiary/aromatic N) is 5. The number of aromatic nitrogens is 4. The summed E-state index contributed by atoms with van der Waals surface area (Å²) in [5.41, 5.74) is 1.53. The average molecular weight is 397 g/mol. The SMILES string of the molecule is COc1cccc(-c2noc(COc3cc(C)nc(N4CCCC4)n3)n2)c1OC. The van der Waals surface area contributed by atoms with Crippen LogP contribution < -0.4 is 19.1 Å². The van der Waals surface area contributed by atoms with Gasteiger partial charge in [0.05, 0.1) is 19.8 Å². The fourth-order valence-electron chi connectivity index (χ4n) is 3.28. The van der Waals surface area contributed by atoms with Crippen molar-refractivity contribution < 1.29 is 18.7 Å². The van der Waals surface area contributed by atoms with Gasteiger partial charge >= 0.3 is 0 Å². The molecule has 0 amide bonds. The average Bonchev–Trinajstić information content (AvgIpc) is 3.43. The minimum atomic E-state index is 0.106. The Morgan fingerprint density at radius 3 is 2.66 bits per heavy atom. The Bertz CT molecular complexity index is 985. The van der Waals surface area contributed by atoms with Crippen LogP contribution in [0.15, 0.2) is 28.8 Å². The Balaban J connectivity index is 1.49. The van der Waals surface area contributed by atoms with Gasteiger partial charge in [-0.25, -0.2) is 4.98 Å². The molecule has 0 atom stereocenters. The molecule has 1 aliphatic rings. The standard InChI is InChI=1S/C20H23N5O4/c1-13-11-16(23-20(21-13)25-9-4-5-10-25)28-12-17-22-19(24-29-17)14-7-6-8-15(26-2)18(14)27-3/h6-8,11H,4-5,9-10,12H2,1-3H3. The van der Waals surface area contributed by atoms with Crippen LogP contribution in [-0.4, -0.2) is 47.4 Å². The van der Waals surface area contributed by atoms with Crippen molar-refractivity contribution in [3.8, 4) is 28.8 Å². The molecule has 29 heavy (non-hydrogen) atoms. The van der Waals surface area contributed by atoms with E-state index in [4.69, 9.17) is 18.7 Å². The number of hydrogen-bond donors (Lipinski definition) is 0. The molecule has 9 heteroatoms. The zero-order chi connectivity index (χ0) is 20.2. The van der Waals surface area contributed by atoms with Gasteiger partial charge in [0.15, 0.2) is 18.1 Å². The highest BCUT2D eigenvalue weighted by molar-refractivity contribution is 5.68. The zero-order valence-electron chi connectivity index (χ0n) is 16.7. The first-order valence-electron chi connectivity index (χ1n) is 9.45. The molecule has 3 aromatic rings. The van der Waals surface area contributed by atoms with E-state index in [-0.39, 0.29) is 6.61 Å². The zero-order valence-corrected chi connectivity index (χ0v) is 16.7. The smallest absolute Gasteiger partial charge is 0.264 e. The molecule has 0 unspecified atom stereocenters. The van der Waals surface area contributed by atoms with E-state index in [1.165, 1.54) is 0 Å². The summed E-state index contributed by atoms with van der Waals surface area (Å²) < 4.78 is 21.9. The lowest BCUT2D eigenvalue weighted by molar-refractivity contribution is 0.235. The first kappa shape index (κ1) is 19.0. The lowest BCUT2D eigenvalue weighted by Crippen LogP contribution is -2.21. The Labute approximate surface area is 168 Å². The molecule has 0 saturated carbocycles.